The number of ether oxygens (including phenoxy) is 3. The Labute approximate surface area is 114 Å². The normalized spacial score (nSPS) is 15.7. The Kier molecular flexibility index (Phi) is 5.50. The van der Waals surface area contributed by atoms with Gasteiger partial charge < -0.3 is 19.5 Å². The van der Waals surface area contributed by atoms with Crippen LogP contribution in [0.1, 0.15) is 32.0 Å². The van der Waals surface area contributed by atoms with Crippen LogP contribution in [0.25, 0.3) is 0 Å². The highest BCUT2D eigenvalue weighted by Crippen LogP contribution is 2.34. The second-order valence-corrected chi connectivity index (χ2v) is 4.40. The quantitative estimate of drug-likeness (QED) is 0.810. The van der Waals surface area contributed by atoms with Gasteiger partial charge in [0.25, 0.3) is 0 Å². The van der Waals surface area contributed by atoms with Crippen molar-refractivity contribution in [3.8, 4) is 11.8 Å². The van der Waals surface area contributed by atoms with Gasteiger partial charge in [0.15, 0.2) is 0 Å². The Bertz CT molecular complexity index is 408. The molecule has 0 radical (unpaired) electrons. The molecular weight excluding hydrogens is 246 g/mol. The summed E-state index contributed by atoms with van der Waals surface area (Å²) < 4.78 is 16.0. The van der Waals surface area contributed by atoms with E-state index in [1.807, 2.05) is 14.0 Å². The summed E-state index contributed by atoms with van der Waals surface area (Å²) in [7, 11) is 6.67. The van der Waals surface area contributed by atoms with E-state index in [2.05, 4.69) is 22.2 Å². The predicted molar refractivity (Wildman–Crippen MR) is 72.6 cm³/mol. The van der Waals surface area contributed by atoms with Crippen LogP contribution in [0.15, 0.2) is 6.20 Å². The van der Waals surface area contributed by atoms with Crippen molar-refractivity contribution in [2.75, 3.05) is 28.4 Å². The second kappa shape index (κ2) is 6.68. The third-order valence-corrected chi connectivity index (χ3v) is 3.49. The Morgan fingerprint density at radius 1 is 1.32 bits per heavy atom. The van der Waals surface area contributed by atoms with Gasteiger partial charge in [0.1, 0.15) is 5.69 Å². The molecule has 0 aliphatic rings. The number of nitrogens with zero attached hydrogens (tertiary/aromatic N) is 2. The van der Waals surface area contributed by atoms with Crippen molar-refractivity contribution in [3.05, 3.63) is 11.9 Å². The molecule has 0 spiro atoms. The van der Waals surface area contributed by atoms with Crippen molar-refractivity contribution < 1.29 is 14.2 Å². The molecule has 1 heterocycles. The largest absolute Gasteiger partial charge is 0.480 e. The average molecular weight is 269 g/mol. The van der Waals surface area contributed by atoms with Gasteiger partial charge in [-0.15, -0.1) is 0 Å². The zero-order chi connectivity index (χ0) is 14.5. The fourth-order valence-electron chi connectivity index (χ4n) is 2.01. The lowest BCUT2D eigenvalue weighted by Gasteiger charge is -2.35. The first-order valence-corrected chi connectivity index (χ1v) is 6.23. The van der Waals surface area contributed by atoms with E-state index in [0.29, 0.717) is 17.5 Å². The van der Waals surface area contributed by atoms with Crippen LogP contribution in [0.5, 0.6) is 11.8 Å². The Morgan fingerprint density at radius 2 is 2.00 bits per heavy atom. The number of nitrogens with one attached hydrogen (secondary N) is 1. The van der Waals surface area contributed by atoms with E-state index >= 15 is 0 Å². The first-order valence-electron chi connectivity index (χ1n) is 6.23. The summed E-state index contributed by atoms with van der Waals surface area (Å²) in [5, 5.41) is 3.22. The first-order chi connectivity index (χ1) is 9.06. The maximum atomic E-state index is 5.63. The molecule has 0 aliphatic carbocycles. The van der Waals surface area contributed by atoms with E-state index in [0.717, 1.165) is 6.42 Å². The molecule has 0 saturated heterocycles. The van der Waals surface area contributed by atoms with Crippen LogP contribution in [-0.4, -0.2) is 43.9 Å². The maximum Gasteiger partial charge on any atom is 0.240 e. The summed E-state index contributed by atoms with van der Waals surface area (Å²) in [4.78, 5) is 8.66. The van der Waals surface area contributed by atoms with Crippen molar-refractivity contribution in [1.29, 1.82) is 0 Å². The summed E-state index contributed by atoms with van der Waals surface area (Å²) in [6.45, 7) is 4.09. The molecule has 0 bridgehead atoms. The van der Waals surface area contributed by atoms with Gasteiger partial charge in [0.05, 0.1) is 32.1 Å². The molecule has 0 aromatic carbocycles. The monoisotopic (exact) mass is 269 g/mol. The third kappa shape index (κ3) is 3.13. The molecule has 0 amide bonds. The Hall–Kier alpha value is -1.40. The van der Waals surface area contributed by atoms with Gasteiger partial charge in [-0.2, -0.15) is 4.98 Å². The van der Waals surface area contributed by atoms with Crippen LogP contribution >= 0.6 is 0 Å². The lowest BCUT2D eigenvalue weighted by molar-refractivity contribution is -0.0298. The highest BCUT2D eigenvalue weighted by Gasteiger charge is 2.36. The number of aromatic nitrogens is 2. The summed E-state index contributed by atoms with van der Waals surface area (Å²) in [5.74, 6) is 0.862. The van der Waals surface area contributed by atoms with E-state index in [4.69, 9.17) is 14.2 Å². The van der Waals surface area contributed by atoms with E-state index in [1.54, 1.807) is 27.5 Å². The molecule has 2 atom stereocenters. The Balaban J connectivity index is 3.25. The minimum Gasteiger partial charge on any atom is -0.480 e. The highest BCUT2D eigenvalue weighted by molar-refractivity contribution is 5.27. The fourth-order valence-corrected chi connectivity index (χ4v) is 2.01. The second-order valence-electron chi connectivity index (χ2n) is 4.40. The van der Waals surface area contributed by atoms with Crippen molar-refractivity contribution >= 4 is 0 Å². The van der Waals surface area contributed by atoms with Crippen LogP contribution < -0.4 is 14.8 Å². The van der Waals surface area contributed by atoms with Crippen LogP contribution in [0, 0.1) is 0 Å². The lowest BCUT2D eigenvalue weighted by Crippen LogP contribution is -2.42. The van der Waals surface area contributed by atoms with Crippen molar-refractivity contribution in [1.82, 2.24) is 15.3 Å². The summed E-state index contributed by atoms with van der Waals surface area (Å²) in [5.41, 5.74) is 0.308. The maximum absolute atomic E-state index is 5.63. The van der Waals surface area contributed by atoms with Gasteiger partial charge in [0.2, 0.25) is 11.8 Å². The number of methoxy groups -OCH3 is 3. The molecule has 6 nitrogen and oxygen atoms in total. The number of likely N-dealkylation sites (N-methyl/N-ethyl adjacent to an activating group) is 1. The van der Waals surface area contributed by atoms with Gasteiger partial charge in [-0.05, 0) is 20.4 Å². The number of hydrogen-bond donors (Lipinski definition) is 1. The van der Waals surface area contributed by atoms with Crippen molar-refractivity contribution in [2.24, 2.45) is 0 Å². The minimum atomic E-state index is -0.398. The first kappa shape index (κ1) is 15.7. The molecule has 2 unspecified atom stereocenters. The van der Waals surface area contributed by atoms with Gasteiger partial charge in [-0.25, -0.2) is 4.98 Å². The van der Waals surface area contributed by atoms with Crippen LogP contribution in [0.4, 0.5) is 0 Å². The van der Waals surface area contributed by atoms with Gasteiger partial charge in [-0.1, -0.05) is 6.92 Å². The van der Waals surface area contributed by atoms with E-state index in [1.165, 1.54) is 0 Å². The van der Waals surface area contributed by atoms with Crippen LogP contribution in [-0.2, 0) is 4.74 Å². The van der Waals surface area contributed by atoms with Gasteiger partial charge in [-0.3, -0.25) is 0 Å². The molecule has 19 heavy (non-hydrogen) atoms. The third-order valence-electron chi connectivity index (χ3n) is 3.49. The van der Waals surface area contributed by atoms with Crippen LogP contribution in [0.2, 0.25) is 0 Å². The molecule has 0 saturated carbocycles. The average Bonchev–Trinajstić information content (AvgIpc) is 2.47. The van der Waals surface area contributed by atoms with Gasteiger partial charge >= 0.3 is 0 Å². The molecule has 1 rings (SSSR count). The van der Waals surface area contributed by atoms with E-state index in [9.17, 15) is 0 Å². The molecule has 1 aromatic rings. The fraction of sp³-hybridized carbons (Fsp3) is 0.692. The van der Waals surface area contributed by atoms with Crippen LogP contribution in [0.3, 0.4) is 0 Å². The molecule has 6 heteroatoms. The molecule has 0 aliphatic heterocycles. The standard InChI is InChI=1S/C13H23N3O3/c1-7-13(2,19-6)11(14-3)10-12(18-5)16-9(17-4)8-15-10/h8,11,14H,7H2,1-6H3. The number of hydrogen-bond acceptors (Lipinski definition) is 6. The number of rotatable bonds is 7. The smallest absolute Gasteiger partial charge is 0.240 e. The zero-order valence-corrected chi connectivity index (χ0v) is 12.5. The van der Waals surface area contributed by atoms with E-state index < -0.39 is 5.60 Å². The molecule has 0 fully saturated rings. The molecular formula is C13H23N3O3. The van der Waals surface area contributed by atoms with Gasteiger partial charge in [0, 0.05) is 7.11 Å². The topological polar surface area (TPSA) is 65.5 Å². The SMILES string of the molecule is CCC(C)(OC)C(NC)c1ncc(OC)nc1OC. The molecule has 108 valence electrons. The lowest BCUT2D eigenvalue weighted by atomic mass is 9.90. The Morgan fingerprint density at radius 3 is 2.42 bits per heavy atom. The highest BCUT2D eigenvalue weighted by atomic mass is 16.5. The predicted octanol–water partition coefficient (Wildman–Crippen LogP) is 1.57. The summed E-state index contributed by atoms with van der Waals surface area (Å²) in [6.07, 6.45) is 2.40. The van der Waals surface area contributed by atoms with Crippen molar-refractivity contribution in [3.63, 3.8) is 0 Å². The van der Waals surface area contributed by atoms with Crippen molar-refractivity contribution in [2.45, 2.75) is 31.9 Å². The summed E-state index contributed by atoms with van der Waals surface area (Å²) in [6, 6.07) is -0.129. The van der Waals surface area contributed by atoms with E-state index in [-0.39, 0.29) is 6.04 Å². The minimum absolute atomic E-state index is 0.129. The molecule has 1 aromatic heterocycles. The summed E-state index contributed by atoms with van der Waals surface area (Å²) >= 11 is 0. The molecule has 1 N–H and O–H groups in total. The zero-order valence-electron chi connectivity index (χ0n) is 12.5.